The number of rotatable bonds is 2. The van der Waals surface area contributed by atoms with Gasteiger partial charge >= 0.3 is 6.18 Å². The summed E-state index contributed by atoms with van der Waals surface area (Å²) in [5.41, 5.74) is -0.499. The van der Waals surface area contributed by atoms with Crippen LogP contribution in [-0.4, -0.2) is 5.91 Å². The van der Waals surface area contributed by atoms with Crippen LogP contribution >= 0.6 is 0 Å². The van der Waals surface area contributed by atoms with E-state index in [1.165, 1.54) is 25.1 Å². The van der Waals surface area contributed by atoms with Gasteiger partial charge in [-0.2, -0.15) is 13.2 Å². The lowest BCUT2D eigenvalue weighted by molar-refractivity contribution is -0.137. The van der Waals surface area contributed by atoms with Crippen molar-refractivity contribution in [2.24, 2.45) is 0 Å². The molecule has 0 spiro atoms. The number of nitrogens with one attached hydrogen (secondary N) is 1. The van der Waals surface area contributed by atoms with Crippen LogP contribution in [0, 0.1) is 12.7 Å². The molecule has 0 aliphatic rings. The minimum atomic E-state index is -4.44. The molecule has 2 nitrogen and oxygen atoms in total. The lowest BCUT2D eigenvalue weighted by atomic mass is 10.1. The third-order valence-corrected chi connectivity index (χ3v) is 2.91. The fourth-order valence-electron chi connectivity index (χ4n) is 1.76. The molecule has 2 aromatic rings. The zero-order valence-electron chi connectivity index (χ0n) is 11.0. The predicted octanol–water partition coefficient (Wildman–Crippen LogP) is 4.41. The zero-order valence-corrected chi connectivity index (χ0v) is 11.0. The standard InChI is InChI=1S/C15H11F4NO/c1-9-3-2-4-12(13(9)16)14(21)20-11-7-5-10(6-8-11)15(17,18)19/h2-8H,1H3,(H,20,21). The lowest BCUT2D eigenvalue weighted by Crippen LogP contribution is -2.14. The summed E-state index contributed by atoms with van der Waals surface area (Å²) in [6.45, 7) is 1.52. The van der Waals surface area contributed by atoms with Crippen molar-refractivity contribution in [3.05, 3.63) is 65.0 Å². The molecule has 0 aromatic heterocycles. The summed E-state index contributed by atoms with van der Waals surface area (Å²) in [6.07, 6.45) is -4.44. The second-order valence-electron chi connectivity index (χ2n) is 4.47. The molecule has 0 unspecified atom stereocenters. The molecule has 0 radical (unpaired) electrons. The Labute approximate surface area is 118 Å². The molecule has 0 saturated heterocycles. The summed E-state index contributed by atoms with van der Waals surface area (Å²) in [7, 11) is 0. The van der Waals surface area contributed by atoms with E-state index in [9.17, 15) is 22.4 Å². The number of aryl methyl sites for hydroxylation is 1. The summed E-state index contributed by atoms with van der Waals surface area (Å²) in [5.74, 6) is -1.36. The van der Waals surface area contributed by atoms with Crippen LogP contribution in [0.2, 0.25) is 0 Å². The molecule has 110 valence electrons. The maximum Gasteiger partial charge on any atom is 0.416 e. The Bertz CT molecular complexity index is 662. The first-order chi connectivity index (χ1) is 9.79. The van der Waals surface area contributed by atoms with Crippen LogP contribution in [0.25, 0.3) is 0 Å². The highest BCUT2D eigenvalue weighted by molar-refractivity contribution is 6.04. The molecular formula is C15H11F4NO. The van der Waals surface area contributed by atoms with E-state index >= 15 is 0 Å². The third-order valence-electron chi connectivity index (χ3n) is 2.91. The molecule has 1 N–H and O–H groups in total. The number of amides is 1. The van der Waals surface area contributed by atoms with Gasteiger partial charge in [-0.3, -0.25) is 4.79 Å². The average molecular weight is 297 g/mol. The second-order valence-corrected chi connectivity index (χ2v) is 4.47. The lowest BCUT2D eigenvalue weighted by Gasteiger charge is -2.09. The van der Waals surface area contributed by atoms with Gasteiger partial charge in [0, 0.05) is 5.69 Å². The first kappa shape index (κ1) is 15.0. The van der Waals surface area contributed by atoms with Gasteiger partial charge < -0.3 is 5.32 Å². The summed E-state index contributed by atoms with van der Waals surface area (Å²) >= 11 is 0. The molecule has 0 heterocycles. The number of halogens is 4. The fraction of sp³-hybridized carbons (Fsp3) is 0.133. The first-order valence-corrected chi connectivity index (χ1v) is 6.03. The Morgan fingerprint density at radius 1 is 1.05 bits per heavy atom. The van der Waals surface area contributed by atoms with Crippen LogP contribution in [0.15, 0.2) is 42.5 Å². The maximum absolute atomic E-state index is 13.8. The molecule has 0 bridgehead atoms. The van der Waals surface area contributed by atoms with Crippen LogP contribution in [-0.2, 0) is 6.18 Å². The van der Waals surface area contributed by atoms with Gasteiger partial charge in [0.05, 0.1) is 11.1 Å². The van der Waals surface area contributed by atoms with Gasteiger partial charge in [0.25, 0.3) is 5.91 Å². The van der Waals surface area contributed by atoms with Gasteiger partial charge in [-0.25, -0.2) is 4.39 Å². The molecule has 1 amide bonds. The molecule has 2 rings (SSSR count). The summed E-state index contributed by atoms with van der Waals surface area (Å²) in [4.78, 5) is 11.9. The molecule has 0 aliphatic carbocycles. The highest BCUT2D eigenvalue weighted by Crippen LogP contribution is 2.29. The average Bonchev–Trinajstić information content (AvgIpc) is 2.41. The van der Waals surface area contributed by atoms with Crippen molar-refractivity contribution in [1.82, 2.24) is 0 Å². The number of anilines is 1. The Balaban J connectivity index is 2.18. The first-order valence-electron chi connectivity index (χ1n) is 6.03. The number of alkyl halides is 3. The van der Waals surface area contributed by atoms with Crippen molar-refractivity contribution >= 4 is 11.6 Å². The van der Waals surface area contributed by atoms with Crippen molar-refractivity contribution < 1.29 is 22.4 Å². The smallest absolute Gasteiger partial charge is 0.322 e. The number of carbonyl (C=O) groups excluding carboxylic acids is 1. The van der Waals surface area contributed by atoms with E-state index in [2.05, 4.69) is 5.32 Å². The summed E-state index contributed by atoms with van der Waals surface area (Å²) in [6, 6.07) is 8.29. The minimum absolute atomic E-state index is 0.158. The SMILES string of the molecule is Cc1cccc(C(=O)Nc2ccc(C(F)(F)F)cc2)c1F. The quantitative estimate of drug-likeness (QED) is 0.818. The molecule has 6 heteroatoms. The van der Waals surface area contributed by atoms with Crippen molar-refractivity contribution in [2.45, 2.75) is 13.1 Å². The maximum atomic E-state index is 13.8. The summed E-state index contributed by atoms with van der Waals surface area (Å²) in [5, 5.41) is 2.36. The van der Waals surface area contributed by atoms with Gasteiger partial charge in [0.1, 0.15) is 5.82 Å². The number of carbonyl (C=O) groups is 1. The Hall–Kier alpha value is -2.37. The molecule has 0 fully saturated rings. The molecule has 0 saturated carbocycles. The van der Waals surface area contributed by atoms with Crippen LogP contribution in [0.4, 0.5) is 23.2 Å². The van der Waals surface area contributed by atoms with Crippen molar-refractivity contribution in [2.75, 3.05) is 5.32 Å². The molecule has 21 heavy (non-hydrogen) atoms. The Morgan fingerprint density at radius 3 is 2.24 bits per heavy atom. The number of benzene rings is 2. The highest BCUT2D eigenvalue weighted by atomic mass is 19.4. The zero-order chi connectivity index (χ0) is 15.6. The van der Waals surface area contributed by atoms with Crippen LogP contribution in [0.5, 0.6) is 0 Å². The monoisotopic (exact) mass is 297 g/mol. The van der Waals surface area contributed by atoms with Gasteiger partial charge in [0.15, 0.2) is 0 Å². The van der Waals surface area contributed by atoms with E-state index in [1.807, 2.05) is 0 Å². The Kier molecular flexibility index (Phi) is 3.97. The van der Waals surface area contributed by atoms with E-state index in [-0.39, 0.29) is 11.3 Å². The van der Waals surface area contributed by atoms with Crippen molar-refractivity contribution in [3.63, 3.8) is 0 Å². The normalized spacial score (nSPS) is 11.3. The van der Waals surface area contributed by atoms with Crippen molar-refractivity contribution in [1.29, 1.82) is 0 Å². The molecular weight excluding hydrogens is 286 g/mol. The van der Waals surface area contributed by atoms with Crippen molar-refractivity contribution in [3.8, 4) is 0 Å². The third kappa shape index (κ3) is 3.39. The van der Waals surface area contributed by atoms with Gasteiger partial charge in [0.2, 0.25) is 0 Å². The Morgan fingerprint density at radius 2 is 1.67 bits per heavy atom. The highest BCUT2D eigenvalue weighted by Gasteiger charge is 2.30. The van der Waals surface area contributed by atoms with Crippen LogP contribution < -0.4 is 5.32 Å². The molecule has 0 atom stereocenters. The summed E-state index contributed by atoms with van der Waals surface area (Å²) < 4.78 is 51.0. The van der Waals surface area contributed by atoms with Gasteiger partial charge in [-0.1, -0.05) is 12.1 Å². The van der Waals surface area contributed by atoms with Gasteiger partial charge in [-0.15, -0.1) is 0 Å². The number of hydrogen-bond donors (Lipinski definition) is 1. The molecule has 0 aliphatic heterocycles. The number of hydrogen-bond acceptors (Lipinski definition) is 1. The topological polar surface area (TPSA) is 29.1 Å². The largest absolute Gasteiger partial charge is 0.416 e. The second kappa shape index (κ2) is 5.55. The fourth-order valence-corrected chi connectivity index (χ4v) is 1.76. The minimum Gasteiger partial charge on any atom is -0.322 e. The molecule has 2 aromatic carbocycles. The van der Waals surface area contributed by atoms with E-state index in [0.29, 0.717) is 5.56 Å². The van der Waals surface area contributed by atoms with E-state index in [1.54, 1.807) is 0 Å². The van der Waals surface area contributed by atoms with E-state index in [4.69, 9.17) is 0 Å². The van der Waals surface area contributed by atoms with Crippen LogP contribution in [0.1, 0.15) is 21.5 Å². The van der Waals surface area contributed by atoms with Crippen LogP contribution in [0.3, 0.4) is 0 Å². The van der Waals surface area contributed by atoms with Gasteiger partial charge in [-0.05, 0) is 42.8 Å². The predicted molar refractivity (Wildman–Crippen MR) is 70.5 cm³/mol. The van der Waals surface area contributed by atoms with E-state index < -0.39 is 23.5 Å². The van der Waals surface area contributed by atoms with E-state index in [0.717, 1.165) is 24.3 Å².